The van der Waals surface area contributed by atoms with Gasteiger partial charge in [0, 0.05) is 0 Å². The van der Waals surface area contributed by atoms with Crippen LogP contribution in [0.25, 0.3) is 22.4 Å². The first kappa shape index (κ1) is 27.2. The third-order valence-corrected chi connectivity index (χ3v) is 7.21. The highest BCUT2D eigenvalue weighted by atomic mass is 19.1. The summed E-state index contributed by atoms with van der Waals surface area (Å²) >= 11 is 0. The molecule has 3 aromatic carbocycles. The summed E-state index contributed by atoms with van der Waals surface area (Å²) in [6.45, 7) is 3.03. The van der Waals surface area contributed by atoms with E-state index in [1.165, 1.54) is 19.4 Å². The fourth-order valence-corrected chi connectivity index (χ4v) is 5.00. The number of carbonyl (C=O) groups is 1. The molecule has 6 rings (SSSR count). The maximum absolute atomic E-state index is 16.8. The van der Waals surface area contributed by atoms with Gasteiger partial charge in [0.1, 0.15) is 24.7 Å². The minimum absolute atomic E-state index is 0.0586. The number of pyridine rings is 1. The molecule has 9 nitrogen and oxygen atoms in total. The largest absolute Gasteiger partial charge is 0.493 e. The van der Waals surface area contributed by atoms with Crippen LogP contribution in [0.15, 0.2) is 79.0 Å². The molecule has 0 aliphatic carbocycles. The number of imidazole rings is 1. The Morgan fingerprint density at radius 1 is 1.00 bits per heavy atom. The number of halogens is 1. The van der Waals surface area contributed by atoms with Crippen LogP contribution in [0.2, 0.25) is 0 Å². The highest BCUT2D eigenvalue weighted by Crippen LogP contribution is 2.46. The molecule has 1 aliphatic heterocycles. The fraction of sp³-hybridized carbons (Fsp3) is 0.219. The summed E-state index contributed by atoms with van der Waals surface area (Å²) < 4.78 is 42.2. The fourth-order valence-electron chi connectivity index (χ4n) is 5.00. The van der Waals surface area contributed by atoms with Gasteiger partial charge in [0.15, 0.2) is 11.6 Å². The number of benzene rings is 3. The lowest BCUT2D eigenvalue weighted by Gasteiger charge is -2.40. The molecule has 2 N–H and O–H groups in total. The molecule has 214 valence electrons. The maximum atomic E-state index is 16.8. The first-order valence-electron chi connectivity index (χ1n) is 13.4. The lowest BCUT2D eigenvalue weighted by Crippen LogP contribution is -2.49. The molecule has 1 saturated heterocycles. The van der Waals surface area contributed by atoms with Crippen LogP contribution in [-0.4, -0.2) is 40.8 Å². The Morgan fingerprint density at radius 2 is 1.62 bits per heavy atom. The molecule has 0 spiro atoms. The Kier molecular flexibility index (Phi) is 7.22. The van der Waals surface area contributed by atoms with E-state index >= 15 is 4.39 Å². The molecule has 0 radical (unpaired) electrons. The van der Waals surface area contributed by atoms with Crippen molar-refractivity contribution in [1.82, 2.24) is 14.5 Å². The van der Waals surface area contributed by atoms with Crippen molar-refractivity contribution in [1.29, 1.82) is 0 Å². The number of hydrogen-bond donors (Lipinski definition) is 1. The summed E-state index contributed by atoms with van der Waals surface area (Å²) in [5.74, 6) is -0.747. The number of rotatable bonds is 10. The molecule has 0 bridgehead atoms. The Bertz CT molecular complexity index is 1750. The number of carbonyl (C=O) groups excluding carboxylic acids is 1. The van der Waals surface area contributed by atoms with Crippen LogP contribution in [0.4, 0.5) is 4.39 Å². The van der Waals surface area contributed by atoms with Crippen molar-refractivity contribution in [3.8, 4) is 28.6 Å². The summed E-state index contributed by atoms with van der Waals surface area (Å²) in [6.07, 6.45) is 1.52. The monoisotopic (exact) mass is 568 g/mol. The zero-order valence-electron chi connectivity index (χ0n) is 23.2. The van der Waals surface area contributed by atoms with Gasteiger partial charge in [-0.15, -0.1) is 0 Å². The van der Waals surface area contributed by atoms with Gasteiger partial charge in [-0.05, 0) is 30.2 Å². The van der Waals surface area contributed by atoms with Crippen molar-refractivity contribution >= 4 is 16.9 Å². The topological polar surface area (TPSA) is 111 Å². The quantitative estimate of drug-likeness (QED) is 0.245. The predicted molar refractivity (Wildman–Crippen MR) is 154 cm³/mol. The summed E-state index contributed by atoms with van der Waals surface area (Å²) in [7, 11) is 1.49. The standard InChI is InChI=1S/C32H29FN4O5/c1-32(18-40-19-32)37-25-15-35-24(30(34)38)14-23(25)36-31(37)22-13-26(39-2)28(41-16-20-9-5-3-6-10-20)29(27(22)33)42-17-21-11-7-4-8-12-21/h3-15H,16-19H2,1-2H3,(H2,34,38). The highest BCUT2D eigenvalue weighted by molar-refractivity contribution is 5.94. The normalized spacial score (nSPS) is 13.9. The first-order valence-corrected chi connectivity index (χ1v) is 13.4. The number of hydrogen-bond acceptors (Lipinski definition) is 7. The van der Waals surface area contributed by atoms with Crippen molar-refractivity contribution in [3.63, 3.8) is 0 Å². The van der Waals surface area contributed by atoms with Crippen LogP contribution in [-0.2, 0) is 23.5 Å². The van der Waals surface area contributed by atoms with E-state index in [1.807, 2.05) is 72.2 Å². The van der Waals surface area contributed by atoms with Gasteiger partial charge in [-0.2, -0.15) is 0 Å². The molecule has 10 heteroatoms. The number of nitrogens with zero attached hydrogens (tertiary/aromatic N) is 3. The van der Waals surface area contributed by atoms with Gasteiger partial charge < -0.3 is 29.2 Å². The van der Waals surface area contributed by atoms with Crippen molar-refractivity contribution in [2.45, 2.75) is 25.7 Å². The summed E-state index contributed by atoms with van der Waals surface area (Å²) in [5.41, 5.74) is 7.93. The minimum Gasteiger partial charge on any atom is -0.493 e. The zero-order chi connectivity index (χ0) is 29.3. The molecule has 0 atom stereocenters. The Balaban J connectivity index is 1.52. The molecule has 1 amide bonds. The molecule has 3 heterocycles. The molecule has 2 aromatic heterocycles. The van der Waals surface area contributed by atoms with Crippen LogP contribution in [0.3, 0.4) is 0 Å². The predicted octanol–water partition coefficient (Wildman–Crippen LogP) is 5.25. The Labute approximate surface area is 241 Å². The van der Waals surface area contributed by atoms with Crippen molar-refractivity contribution in [2.75, 3.05) is 20.3 Å². The maximum Gasteiger partial charge on any atom is 0.267 e. The summed E-state index contributed by atoms with van der Waals surface area (Å²) in [4.78, 5) is 20.8. The van der Waals surface area contributed by atoms with Gasteiger partial charge in [-0.25, -0.2) is 14.4 Å². The number of amides is 1. The smallest absolute Gasteiger partial charge is 0.267 e. The Hall–Kier alpha value is -4.96. The van der Waals surface area contributed by atoms with Crippen LogP contribution in [0, 0.1) is 5.82 Å². The van der Waals surface area contributed by atoms with Gasteiger partial charge in [0.05, 0.1) is 48.7 Å². The molecule has 1 fully saturated rings. The molecule has 0 unspecified atom stereocenters. The van der Waals surface area contributed by atoms with E-state index in [-0.39, 0.29) is 41.7 Å². The second kappa shape index (κ2) is 11.1. The third kappa shape index (κ3) is 5.01. The van der Waals surface area contributed by atoms with E-state index in [1.54, 1.807) is 6.07 Å². The van der Waals surface area contributed by atoms with Crippen LogP contribution >= 0.6 is 0 Å². The minimum atomic E-state index is -0.685. The summed E-state index contributed by atoms with van der Waals surface area (Å²) in [6, 6.07) is 22.1. The lowest BCUT2D eigenvalue weighted by molar-refractivity contribution is -0.0868. The second-order valence-corrected chi connectivity index (χ2v) is 10.3. The van der Waals surface area contributed by atoms with E-state index in [9.17, 15) is 4.79 Å². The van der Waals surface area contributed by atoms with Crippen molar-refractivity contribution in [2.24, 2.45) is 5.73 Å². The third-order valence-electron chi connectivity index (χ3n) is 7.21. The SMILES string of the molecule is COc1cc(-c2nc3cc(C(N)=O)ncc3n2C2(C)COC2)c(F)c(OCc2ccccc2)c1OCc1ccccc1. The lowest BCUT2D eigenvalue weighted by atomic mass is 9.98. The second-order valence-electron chi connectivity index (χ2n) is 10.3. The van der Waals surface area contributed by atoms with Crippen molar-refractivity contribution in [3.05, 3.63) is 102 Å². The van der Waals surface area contributed by atoms with Gasteiger partial charge in [0.2, 0.25) is 11.5 Å². The number of ether oxygens (including phenoxy) is 4. The van der Waals surface area contributed by atoms with Gasteiger partial charge >= 0.3 is 0 Å². The number of primary amides is 1. The molecule has 0 saturated carbocycles. The van der Waals surface area contributed by atoms with E-state index in [2.05, 4.69) is 4.98 Å². The van der Waals surface area contributed by atoms with E-state index < -0.39 is 17.3 Å². The van der Waals surface area contributed by atoms with Gasteiger partial charge in [-0.1, -0.05) is 60.7 Å². The van der Waals surface area contributed by atoms with Crippen LogP contribution in [0.5, 0.6) is 17.2 Å². The van der Waals surface area contributed by atoms with Crippen LogP contribution in [0.1, 0.15) is 28.5 Å². The number of fused-ring (bicyclic) bond motifs is 1. The molecular formula is C32H29FN4O5. The molecule has 1 aliphatic rings. The van der Waals surface area contributed by atoms with Crippen molar-refractivity contribution < 1.29 is 28.1 Å². The highest BCUT2D eigenvalue weighted by Gasteiger charge is 2.40. The number of nitrogens with two attached hydrogens (primary N) is 1. The Morgan fingerprint density at radius 3 is 2.17 bits per heavy atom. The first-order chi connectivity index (χ1) is 20.4. The number of aromatic nitrogens is 3. The van der Waals surface area contributed by atoms with Gasteiger partial charge in [0.25, 0.3) is 5.91 Å². The summed E-state index contributed by atoms with van der Waals surface area (Å²) in [5, 5.41) is 0. The molecule has 42 heavy (non-hydrogen) atoms. The number of methoxy groups -OCH3 is 1. The van der Waals surface area contributed by atoms with Gasteiger partial charge in [-0.3, -0.25) is 4.79 Å². The molecular weight excluding hydrogens is 539 g/mol. The average Bonchev–Trinajstić information content (AvgIpc) is 3.38. The molecule has 5 aromatic rings. The van der Waals surface area contributed by atoms with Crippen LogP contribution < -0.4 is 19.9 Å². The zero-order valence-corrected chi connectivity index (χ0v) is 23.2. The van der Waals surface area contributed by atoms with E-state index in [0.717, 1.165) is 11.1 Å². The van der Waals surface area contributed by atoms with E-state index in [0.29, 0.717) is 30.1 Å². The van der Waals surface area contributed by atoms with E-state index in [4.69, 9.17) is 29.7 Å². The average molecular weight is 569 g/mol.